The number of aryl methyl sites for hydroxylation is 1. The summed E-state index contributed by atoms with van der Waals surface area (Å²) in [6, 6.07) is 18.0. The number of hydrogen-bond acceptors (Lipinski definition) is 2. The summed E-state index contributed by atoms with van der Waals surface area (Å²) in [4.78, 5) is 0. The highest BCUT2D eigenvalue weighted by Crippen LogP contribution is 2.27. The highest BCUT2D eigenvalue weighted by atomic mass is 35.5. The van der Waals surface area contributed by atoms with Crippen LogP contribution in [0.15, 0.2) is 60.7 Å². The molecule has 3 aromatic rings. The van der Waals surface area contributed by atoms with Crippen LogP contribution in [0.2, 0.25) is 10.0 Å². The fourth-order valence-corrected chi connectivity index (χ4v) is 2.93. The third-order valence-corrected chi connectivity index (χ3v) is 4.58. The highest BCUT2D eigenvalue weighted by Gasteiger charge is 2.10. The van der Waals surface area contributed by atoms with Gasteiger partial charge in [-0.1, -0.05) is 47.0 Å². The minimum atomic E-state index is -0.384. The van der Waals surface area contributed by atoms with Crippen molar-refractivity contribution in [2.45, 2.75) is 20.1 Å². The van der Waals surface area contributed by atoms with Crippen LogP contribution in [0.5, 0.6) is 5.75 Å². The van der Waals surface area contributed by atoms with E-state index in [4.69, 9.17) is 27.9 Å². The van der Waals surface area contributed by atoms with Gasteiger partial charge in [-0.3, -0.25) is 0 Å². The van der Waals surface area contributed by atoms with Crippen LogP contribution in [-0.2, 0) is 13.2 Å². The molecule has 0 amide bonds. The van der Waals surface area contributed by atoms with Crippen LogP contribution < -0.4 is 10.1 Å². The van der Waals surface area contributed by atoms with E-state index < -0.39 is 0 Å². The lowest BCUT2D eigenvalue weighted by atomic mass is 10.1. The average molecular weight is 390 g/mol. The Labute approximate surface area is 162 Å². The molecule has 0 bridgehead atoms. The Morgan fingerprint density at radius 2 is 1.77 bits per heavy atom. The minimum absolute atomic E-state index is 0.0463. The Bertz CT molecular complexity index is 877. The second-order valence-corrected chi connectivity index (χ2v) is 6.80. The maximum Gasteiger partial charge on any atom is 0.131 e. The lowest BCUT2D eigenvalue weighted by Crippen LogP contribution is -2.05. The van der Waals surface area contributed by atoms with E-state index in [9.17, 15) is 4.39 Å². The van der Waals surface area contributed by atoms with Crippen molar-refractivity contribution in [1.29, 1.82) is 0 Å². The van der Waals surface area contributed by atoms with Gasteiger partial charge in [0.05, 0.1) is 5.02 Å². The Morgan fingerprint density at radius 1 is 1.00 bits per heavy atom. The molecule has 0 saturated heterocycles. The van der Waals surface area contributed by atoms with Gasteiger partial charge in [-0.05, 0) is 49.4 Å². The molecule has 0 aliphatic rings. The van der Waals surface area contributed by atoms with E-state index >= 15 is 0 Å². The van der Waals surface area contributed by atoms with Crippen molar-refractivity contribution < 1.29 is 9.13 Å². The fourth-order valence-electron chi connectivity index (χ4n) is 2.52. The number of rotatable bonds is 6. The predicted octanol–water partition coefficient (Wildman–Crippen LogP) is 6.63. The quantitative estimate of drug-likeness (QED) is 0.510. The van der Waals surface area contributed by atoms with Crippen molar-refractivity contribution in [2.75, 3.05) is 5.32 Å². The van der Waals surface area contributed by atoms with Crippen molar-refractivity contribution in [3.8, 4) is 5.75 Å². The van der Waals surface area contributed by atoms with Gasteiger partial charge in [0.15, 0.2) is 0 Å². The molecule has 0 saturated carbocycles. The lowest BCUT2D eigenvalue weighted by molar-refractivity contribution is 0.297. The molecule has 1 N–H and O–H groups in total. The number of hydrogen-bond donors (Lipinski definition) is 1. The maximum atomic E-state index is 13.9. The summed E-state index contributed by atoms with van der Waals surface area (Å²) >= 11 is 12.2. The molecule has 0 aliphatic carbocycles. The smallest absolute Gasteiger partial charge is 0.131 e. The van der Waals surface area contributed by atoms with Crippen molar-refractivity contribution in [1.82, 2.24) is 0 Å². The van der Waals surface area contributed by atoms with Gasteiger partial charge in [-0.25, -0.2) is 4.39 Å². The molecule has 0 radical (unpaired) electrons. The van der Waals surface area contributed by atoms with Gasteiger partial charge in [-0.2, -0.15) is 0 Å². The zero-order chi connectivity index (χ0) is 18.5. The van der Waals surface area contributed by atoms with Gasteiger partial charge >= 0.3 is 0 Å². The third-order valence-electron chi connectivity index (χ3n) is 3.99. The summed E-state index contributed by atoms with van der Waals surface area (Å²) in [5, 5.41) is 4.30. The topological polar surface area (TPSA) is 21.3 Å². The van der Waals surface area contributed by atoms with Gasteiger partial charge in [0.25, 0.3) is 0 Å². The van der Waals surface area contributed by atoms with Crippen LogP contribution in [0.25, 0.3) is 0 Å². The molecule has 0 aliphatic heterocycles. The van der Waals surface area contributed by atoms with Crippen LogP contribution in [-0.4, -0.2) is 0 Å². The summed E-state index contributed by atoms with van der Waals surface area (Å²) in [5.41, 5.74) is 3.41. The summed E-state index contributed by atoms with van der Waals surface area (Å²) in [5.74, 6) is 0.249. The Hall–Kier alpha value is -2.23. The van der Waals surface area contributed by atoms with E-state index in [1.807, 2.05) is 37.3 Å². The zero-order valence-electron chi connectivity index (χ0n) is 14.2. The number of nitrogens with one attached hydrogen (secondary N) is 1. The van der Waals surface area contributed by atoms with Gasteiger partial charge < -0.3 is 10.1 Å². The predicted molar refractivity (Wildman–Crippen MR) is 106 cm³/mol. The van der Waals surface area contributed by atoms with Crippen LogP contribution in [0.4, 0.5) is 10.1 Å². The van der Waals surface area contributed by atoms with Gasteiger partial charge in [0.1, 0.15) is 18.2 Å². The molecular weight excluding hydrogens is 372 g/mol. The fraction of sp³-hybridized carbons (Fsp3) is 0.143. The lowest BCUT2D eigenvalue weighted by Gasteiger charge is -2.14. The first-order chi connectivity index (χ1) is 12.5. The molecule has 0 unspecified atom stereocenters. The van der Waals surface area contributed by atoms with E-state index in [-0.39, 0.29) is 12.4 Å². The third kappa shape index (κ3) is 4.69. The first-order valence-corrected chi connectivity index (χ1v) is 8.93. The molecule has 26 heavy (non-hydrogen) atoms. The molecule has 0 fully saturated rings. The molecule has 0 spiro atoms. The van der Waals surface area contributed by atoms with Crippen molar-refractivity contribution >= 4 is 28.9 Å². The molecule has 3 aromatic carbocycles. The van der Waals surface area contributed by atoms with E-state index in [2.05, 4.69) is 5.32 Å². The molecule has 0 aromatic heterocycles. The Balaban J connectivity index is 1.74. The van der Waals surface area contributed by atoms with Crippen LogP contribution in [0.3, 0.4) is 0 Å². The molecule has 0 atom stereocenters. The normalized spacial score (nSPS) is 10.6. The van der Waals surface area contributed by atoms with Crippen LogP contribution in [0, 0.1) is 12.7 Å². The number of ether oxygens (including phenoxy) is 1. The molecular formula is C21H18Cl2FNO. The van der Waals surface area contributed by atoms with Gasteiger partial charge in [0.2, 0.25) is 0 Å². The van der Waals surface area contributed by atoms with E-state index in [1.54, 1.807) is 24.3 Å². The summed E-state index contributed by atoms with van der Waals surface area (Å²) in [7, 11) is 0. The Kier molecular flexibility index (Phi) is 6.02. The zero-order valence-corrected chi connectivity index (χ0v) is 15.7. The number of benzene rings is 3. The second kappa shape index (κ2) is 8.43. The second-order valence-electron chi connectivity index (χ2n) is 5.96. The first-order valence-electron chi connectivity index (χ1n) is 8.17. The summed E-state index contributed by atoms with van der Waals surface area (Å²) < 4.78 is 19.7. The Morgan fingerprint density at radius 3 is 2.50 bits per heavy atom. The van der Waals surface area contributed by atoms with E-state index in [0.29, 0.717) is 27.9 Å². The summed E-state index contributed by atoms with van der Waals surface area (Å²) in [6.45, 7) is 2.62. The monoisotopic (exact) mass is 389 g/mol. The number of halogens is 3. The highest BCUT2D eigenvalue weighted by molar-refractivity contribution is 6.31. The molecule has 2 nitrogen and oxygen atoms in total. The van der Waals surface area contributed by atoms with Crippen molar-refractivity contribution in [3.63, 3.8) is 0 Å². The van der Waals surface area contributed by atoms with Crippen molar-refractivity contribution in [3.05, 3.63) is 93.2 Å². The largest absolute Gasteiger partial charge is 0.488 e. The maximum absolute atomic E-state index is 13.9. The van der Waals surface area contributed by atoms with Gasteiger partial charge in [0, 0.05) is 28.4 Å². The first kappa shape index (κ1) is 18.6. The molecule has 0 heterocycles. The van der Waals surface area contributed by atoms with Crippen molar-refractivity contribution in [2.24, 2.45) is 0 Å². The average Bonchev–Trinajstić information content (AvgIpc) is 2.62. The molecule has 5 heteroatoms. The van der Waals surface area contributed by atoms with Gasteiger partial charge in [-0.15, -0.1) is 0 Å². The van der Waals surface area contributed by atoms with E-state index in [0.717, 1.165) is 11.3 Å². The van der Waals surface area contributed by atoms with Crippen LogP contribution in [0.1, 0.15) is 16.7 Å². The minimum Gasteiger partial charge on any atom is -0.488 e. The van der Waals surface area contributed by atoms with E-state index in [1.165, 1.54) is 11.6 Å². The SMILES string of the molecule is Cc1ccc(NCc2cc(Cl)ccc2OCc2c(F)cccc2Cl)cc1. The molecule has 3 rings (SSSR count). The summed E-state index contributed by atoms with van der Waals surface area (Å²) in [6.07, 6.45) is 0. The number of anilines is 1. The van der Waals surface area contributed by atoms with Crippen LogP contribution >= 0.6 is 23.2 Å². The molecule has 134 valence electrons. The standard InChI is InChI=1S/C21H18Cl2FNO/c1-14-5-8-17(9-6-14)25-12-15-11-16(22)7-10-21(15)26-13-18-19(23)3-2-4-20(18)24/h2-11,25H,12-13H2,1H3.